The Morgan fingerprint density at radius 2 is 2.22 bits per heavy atom. The molecule has 1 aromatic carbocycles. The lowest BCUT2D eigenvalue weighted by Gasteiger charge is -2.33. The van der Waals surface area contributed by atoms with Crippen molar-refractivity contribution in [3.05, 3.63) is 29.8 Å². The molecule has 1 heterocycles. The summed E-state index contributed by atoms with van der Waals surface area (Å²) in [6, 6.07) is 8.09. The van der Waals surface area contributed by atoms with Gasteiger partial charge < -0.3 is 5.73 Å². The van der Waals surface area contributed by atoms with E-state index in [0.29, 0.717) is 6.42 Å². The predicted octanol–water partition coefficient (Wildman–Crippen LogP) is 1.80. The van der Waals surface area contributed by atoms with Crippen molar-refractivity contribution in [2.45, 2.75) is 23.8 Å². The number of nitrogens with zero attached hydrogens (tertiary/aromatic N) is 2. The van der Waals surface area contributed by atoms with Gasteiger partial charge in [-0.05, 0) is 30.9 Å². The average Bonchev–Trinajstić information content (AvgIpc) is 2.36. The van der Waals surface area contributed by atoms with Crippen LogP contribution in [0.4, 0.5) is 0 Å². The summed E-state index contributed by atoms with van der Waals surface area (Å²) in [5.41, 5.74) is 6.27. The third-order valence-corrected chi connectivity index (χ3v) is 3.99. The standard InChI is InChI=1S/C13H17N3OS/c1-13(8-11(17)16(2)12(14)15-13)9-5-4-6-10(7-9)18-3/h4-7H,8H2,1-3H3,(H2,14,15)/t13-/m0/s1. The number of carbonyl (C=O) groups is 1. The summed E-state index contributed by atoms with van der Waals surface area (Å²) in [5, 5.41) is 0. The van der Waals surface area contributed by atoms with Crippen LogP contribution in [0.5, 0.6) is 0 Å². The largest absolute Gasteiger partial charge is 0.369 e. The van der Waals surface area contributed by atoms with Gasteiger partial charge in [0.2, 0.25) is 5.91 Å². The number of amides is 1. The second-order valence-electron chi connectivity index (χ2n) is 4.61. The van der Waals surface area contributed by atoms with Crippen LogP contribution in [0.15, 0.2) is 34.2 Å². The van der Waals surface area contributed by atoms with E-state index < -0.39 is 5.54 Å². The number of rotatable bonds is 2. The molecule has 0 aromatic heterocycles. The minimum absolute atomic E-state index is 0.000412. The van der Waals surface area contributed by atoms with Gasteiger partial charge in [0.25, 0.3) is 0 Å². The van der Waals surface area contributed by atoms with Crippen LogP contribution in [0.1, 0.15) is 18.9 Å². The predicted molar refractivity (Wildman–Crippen MR) is 74.6 cm³/mol. The van der Waals surface area contributed by atoms with Gasteiger partial charge in [-0.15, -0.1) is 11.8 Å². The van der Waals surface area contributed by atoms with E-state index in [4.69, 9.17) is 5.73 Å². The Kier molecular flexibility index (Phi) is 3.34. The highest BCUT2D eigenvalue weighted by Crippen LogP contribution is 2.34. The molecule has 1 atom stereocenters. The van der Waals surface area contributed by atoms with Crippen LogP contribution < -0.4 is 5.73 Å². The molecule has 2 N–H and O–H groups in total. The van der Waals surface area contributed by atoms with E-state index in [2.05, 4.69) is 11.1 Å². The van der Waals surface area contributed by atoms with Crippen molar-refractivity contribution in [3.63, 3.8) is 0 Å². The summed E-state index contributed by atoms with van der Waals surface area (Å²) in [7, 11) is 1.65. The van der Waals surface area contributed by atoms with Crippen molar-refractivity contribution in [1.82, 2.24) is 4.90 Å². The molecular weight excluding hydrogens is 246 g/mol. The summed E-state index contributed by atoms with van der Waals surface area (Å²) in [6.45, 7) is 1.95. The third kappa shape index (κ3) is 2.22. The molecule has 96 valence electrons. The maximum absolute atomic E-state index is 11.9. The summed E-state index contributed by atoms with van der Waals surface area (Å²) in [5.74, 6) is 0.280. The molecule has 0 saturated carbocycles. The highest BCUT2D eigenvalue weighted by atomic mass is 32.2. The van der Waals surface area contributed by atoms with Crippen LogP contribution >= 0.6 is 11.8 Å². The molecule has 5 heteroatoms. The van der Waals surface area contributed by atoms with Gasteiger partial charge in [0.05, 0.1) is 12.0 Å². The zero-order valence-corrected chi connectivity index (χ0v) is 11.6. The van der Waals surface area contributed by atoms with E-state index >= 15 is 0 Å². The van der Waals surface area contributed by atoms with Crippen LogP contribution in [-0.2, 0) is 10.3 Å². The molecule has 1 aliphatic heterocycles. The number of carbonyl (C=O) groups excluding carboxylic acids is 1. The fourth-order valence-corrected chi connectivity index (χ4v) is 2.49. The first-order valence-corrected chi connectivity index (χ1v) is 6.95. The number of nitrogens with two attached hydrogens (primary N) is 1. The Bertz CT molecular complexity index is 515. The molecule has 1 amide bonds. The van der Waals surface area contributed by atoms with Crippen molar-refractivity contribution in [1.29, 1.82) is 0 Å². The number of guanidine groups is 1. The molecule has 0 unspecified atom stereocenters. The number of benzene rings is 1. The molecular formula is C13H17N3OS. The van der Waals surface area contributed by atoms with Gasteiger partial charge in [0.15, 0.2) is 5.96 Å². The molecule has 0 aliphatic carbocycles. The zero-order valence-electron chi connectivity index (χ0n) is 10.8. The summed E-state index contributed by atoms with van der Waals surface area (Å²) in [4.78, 5) is 19.0. The van der Waals surface area contributed by atoms with Gasteiger partial charge in [-0.2, -0.15) is 0 Å². The summed E-state index contributed by atoms with van der Waals surface area (Å²) < 4.78 is 0. The van der Waals surface area contributed by atoms with Crippen molar-refractivity contribution in [2.75, 3.05) is 13.3 Å². The smallest absolute Gasteiger partial charge is 0.231 e. The lowest BCUT2D eigenvalue weighted by Crippen LogP contribution is -2.47. The van der Waals surface area contributed by atoms with Gasteiger partial charge in [0, 0.05) is 11.9 Å². The molecule has 1 aromatic rings. The summed E-state index contributed by atoms with van der Waals surface area (Å²) in [6.07, 6.45) is 2.38. The molecule has 2 rings (SSSR count). The van der Waals surface area contributed by atoms with Crippen LogP contribution in [0.25, 0.3) is 0 Å². The minimum Gasteiger partial charge on any atom is -0.369 e. The molecule has 18 heavy (non-hydrogen) atoms. The van der Waals surface area contributed by atoms with Crippen LogP contribution in [-0.4, -0.2) is 30.1 Å². The van der Waals surface area contributed by atoms with Crippen molar-refractivity contribution in [2.24, 2.45) is 10.7 Å². The van der Waals surface area contributed by atoms with E-state index in [0.717, 1.165) is 10.5 Å². The Morgan fingerprint density at radius 3 is 2.83 bits per heavy atom. The first-order chi connectivity index (χ1) is 8.46. The van der Waals surface area contributed by atoms with Crippen molar-refractivity contribution < 1.29 is 4.79 Å². The SMILES string of the molecule is CSc1cccc([C@]2(C)CC(=O)N(C)C(N)=N2)c1. The molecule has 0 radical (unpaired) electrons. The lowest BCUT2D eigenvalue weighted by molar-refractivity contribution is -0.128. The van der Waals surface area contributed by atoms with Gasteiger partial charge in [-0.25, -0.2) is 4.99 Å². The topological polar surface area (TPSA) is 58.7 Å². The van der Waals surface area contributed by atoms with Gasteiger partial charge in [0.1, 0.15) is 0 Å². The van der Waals surface area contributed by atoms with Crippen LogP contribution in [0.2, 0.25) is 0 Å². The lowest BCUT2D eigenvalue weighted by atomic mass is 9.88. The monoisotopic (exact) mass is 263 g/mol. The second-order valence-corrected chi connectivity index (χ2v) is 5.48. The maximum Gasteiger partial charge on any atom is 0.231 e. The van der Waals surface area contributed by atoms with E-state index in [1.165, 1.54) is 4.90 Å². The number of aliphatic imine (C=N–C) groups is 1. The van der Waals surface area contributed by atoms with Crippen molar-refractivity contribution >= 4 is 23.6 Å². The van der Waals surface area contributed by atoms with E-state index in [9.17, 15) is 4.79 Å². The van der Waals surface area contributed by atoms with E-state index in [1.54, 1.807) is 18.8 Å². The molecule has 0 saturated heterocycles. The normalized spacial score (nSPS) is 24.1. The Morgan fingerprint density at radius 1 is 1.50 bits per heavy atom. The summed E-state index contributed by atoms with van der Waals surface area (Å²) >= 11 is 1.67. The number of thioether (sulfide) groups is 1. The molecule has 0 bridgehead atoms. The third-order valence-electron chi connectivity index (χ3n) is 3.27. The maximum atomic E-state index is 11.9. The molecule has 0 fully saturated rings. The Labute approximate surface area is 111 Å². The quantitative estimate of drug-likeness (QED) is 0.828. The first-order valence-electron chi connectivity index (χ1n) is 5.73. The average molecular weight is 263 g/mol. The number of hydrogen-bond donors (Lipinski definition) is 1. The first kappa shape index (κ1) is 13.0. The van der Waals surface area contributed by atoms with Crippen molar-refractivity contribution in [3.8, 4) is 0 Å². The second kappa shape index (κ2) is 4.65. The minimum atomic E-state index is -0.556. The highest BCUT2D eigenvalue weighted by Gasteiger charge is 2.36. The van der Waals surface area contributed by atoms with Crippen LogP contribution in [0, 0.1) is 0 Å². The zero-order chi connectivity index (χ0) is 13.3. The Hall–Kier alpha value is -1.49. The van der Waals surface area contributed by atoms with Gasteiger partial charge >= 0.3 is 0 Å². The highest BCUT2D eigenvalue weighted by molar-refractivity contribution is 7.98. The van der Waals surface area contributed by atoms with Gasteiger partial charge in [-0.1, -0.05) is 12.1 Å². The van der Waals surface area contributed by atoms with Crippen LogP contribution in [0.3, 0.4) is 0 Å². The fourth-order valence-electron chi connectivity index (χ4n) is 2.03. The van der Waals surface area contributed by atoms with Gasteiger partial charge in [-0.3, -0.25) is 9.69 Å². The molecule has 1 aliphatic rings. The molecule has 0 spiro atoms. The Balaban J connectivity index is 2.45. The number of hydrogen-bond acceptors (Lipinski definition) is 4. The van der Waals surface area contributed by atoms with E-state index in [-0.39, 0.29) is 11.9 Å². The molecule has 4 nitrogen and oxygen atoms in total. The fraction of sp³-hybridized carbons (Fsp3) is 0.385. The van der Waals surface area contributed by atoms with E-state index in [1.807, 2.05) is 31.4 Å².